The van der Waals surface area contributed by atoms with Crippen molar-refractivity contribution in [2.45, 2.75) is 25.0 Å². The summed E-state index contributed by atoms with van der Waals surface area (Å²) in [5, 5.41) is 10.4. The SMILES string of the molecule is O=C(c1ccco1)N1CCN(C2Cc3ccccc3C2)CC(O)C1. The third-order valence-corrected chi connectivity index (χ3v) is 5.10. The van der Waals surface area contributed by atoms with E-state index in [0.29, 0.717) is 31.4 Å². The van der Waals surface area contributed by atoms with Crippen molar-refractivity contribution in [3.63, 3.8) is 0 Å². The van der Waals surface area contributed by atoms with Gasteiger partial charge in [0.2, 0.25) is 0 Å². The molecule has 4 rings (SSSR count). The lowest BCUT2D eigenvalue weighted by Gasteiger charge is -2.28. The largest absolute Gasteiger partial charge is 0.459 e. The van der Waals surface area contributed by atoms with Crippen molar-refractivity contribution in [3.8, 4) is 0 Å². The fraction of sp³-hybridized carbons (Fsp3) is 0.421. The first-order valence-electron chi connectivity index (χ1n) is 8.52. The fourth-order valence-electron chi connectivity index (χ4n) is 3.88. The van der Waals surface area contributed by atoms with Crippen molar-refractivity contribution < 1.29 is 14.3 Å². The second kappa shape index (κ2) is 6.42. The molecule has 0 spiro atoms. The molecule has 1 N–H and O–H groups in total. The average molecular weight is 326 g/mol. The van der Waals surface area contributed by atoms with Gasteiger partial charge in [0.15, 0.2) is 5.76 Å². The third-order valence-electron chi connectivity index (χ3n) is 5.10. The predicted octanol–water partition coefficient (Wildman–Crippen LogP) is 1.57. The summed E-state index contributed by atoms with van der Waals surface area (Å²) in [7, 11) is 0. The summed E-state index contributed by atoms with van der Waals surface area (Å²) >= 11 is 0. The van der Waals surface area contributed by atoms with Gasteiger partial charge >= 0.3 is 0 Å². The summed E-state index contributed by atoms with van der Waals surface area (Å²) in [6.07, 6.45) is 3.02. The highest BCUT2D eigenvalue weighted by molar-refractivity contribution is 5.91. The molecular formula is C19H22N2O3. The van der Waals surface area contributed by atoms with Crippen molar-refractivity contribution in [3.05, 3.63) is 59.5 Å². The second-order valence-corrected chi connectivity index (χ2v) is 6.71. The molecule has 1 aliphatic carbocycles. The maximum atomic E-state index is 12.5. The van der Waals surface area contributed by atoms with Gasteiger partial charge in [0, 0.05) is 32.2 Å². The van der Waals surface area contributed by atoms with Crippen molar-refractivity contribution in [2.24, 2.45) is 0 Å². The van der Waals surface area contributed by atoms with Crippen LogP contribution in [0.15, 0.2) is 47.1 Å². The Labute approximate surface area is 141 Å². The van der Waals surface area contributed by atoms with Crippen LogP contribution in [0.3, 0.4) is 0 Å². The van der Waals surface area contributed by atoms with Crippen LogP contribution in [0, 0.1) is 0 Å². The van der Waals surface area contributed by atoms with Crippen LogP contribution in [0.4, 0.5) is 0 Å². The summed E-state index contributed by atoms with van der Waals surface area (Å²) in [5.41, 5.74) is 2.81. The maximum absolute atomic E-state index is 12.5. The summed E-state index contributed by atoms with van der Waals surface area (Å²) in [6, 6.07) is 12.3. The highest BCUT2D eigenvalue weighted by Crippen LogP contribution is 2.26. The Morgan fingerprint density at radius 2 is 1.79 bits per heavy atom. The molecule has 1 unspecified atom stereocenters. The van der Waals surface area contributed by atoms with Crippen molar-refractivity contribution >= 4 is 5.91 Å². The van der Waals surface area contributed by atoms with Gasteiger partial charge in [0.1, 0.15) is 0 Å². The molecule has 2 heterocycles. The van der Waals surface area contributed by atoms with E-state index in [-0.39, 0.29) is 5.91 Å². The van der Waals surface area contributed by atoms with Crippen molar-refractivity contribution in [1.29, 1.82) is 0 Å². The zero-order valence-corrected chi connectivity index (χ0v) is 13.6. The van der Waals surface area contributed by atoms with Crippen LogP contribution in [0.2, 0.25) is 0 Å². The molecule has 1 aromatic carbocycles. The van der Waals surface area contributed by atoms with E-state index < -0.39 is 6.10 Å². The Kier molecular flexibility index (Phi) is 4.12. The van der Waals surface area contributed by atoms with E-state index in [1.54, 1.807) is 17.0 Å². The number of furan rings is 1. The van der Waals surface area contributed by atoms with Crippen LogP contribution >= 0.6 is 0 Å². The Morgan fingerprint density at radius 3 is 2.46 bits per heavy atom. The molecule has 5 nitrogen and oxygen atoms in total. The summed E-state index contributed by atoms with van der Waals surface area (Å²) in [5.74, 6) is 0.194. The van der Waals surface area contributed by atoms with E-state index in [2.05, 4.69) is 29.2 Å². The highest BCUT2D eigenvalue weighted by Gasteiger charge is 2.32. The number of amides is 1. The van der Waals surface area contributed by atoms with Gasteiger partial charge in [-0.2, -0.15) is 0 Å². The van der Waals surface area contributed by atoms with Crippen LogP contribution in [0.25, 0.3) is 0 Å². The summed E-state index contributed by atoms with van der Waals surface area (Å²) < 4.78 is 5.21. The number of carbonyl (C=O) groups excluding carboxylic acids is 1. The van der Waals surface area contributed by atoms with Gasteiger partial charge < -0.3 is 14.4 Å². The molecule has 1 fully saturated rings. The first-order valence-corrected chi connectivity index (χ1v) is 8.52. The fourth-order valence-corrected chi connectivity index (χ4v) is 3.88. The van der Waals surface area contributed by atoms with Crippen molar-refractivity contribution in [2.75, 3.05) is 26.2 Å². The Hall–Kier alpha value is -2.11. The quantitative estimate of drug-likeness (QED) is 0.910. The summed E-state index contributed by atoms with van der Waals surface area (Å²) in [6.45, 7) is 2.36. The minimum Gasteiger partial charge on any atom is -0.459 e. The predicted molar refractivity (Wildman–Crippen MR) is 89.8 cm³/mol. The average Bonchev–Trinajstić information content (AvgIpc) is 3.22. The molecule has 0 bridgehead atoms. The van der Waals surface area contributed by atoms with Gasteiger partial charge in [-0.15, -0.1) is 0 Å². The van der Waals surface area contributed by atoms with Crippen LogP contribution in [-0.2, 0) is 12.8 Å². The molecule has 126 valence electrons. The van der Waals surface area contributed by atoms with Crippen LogP contribution in [-0.4, -0.2) is 59.1 Å². The maximum Gasteiger partial charge on any atom is 0.289 e. The number of aliphatic hydroxyl groups excluding tert-OH is 1. The molecule has 2 aliphatic rings. The van der Waals surface area contributed by atoms with Gasteiger partial charge in [0.25, 0.3) is 5.91 Å². The standard InChI is InChI=1S/C19H22N2O3/c22-17-12-20(16-10-14-4-1-2-5-15(14)11-16)7-8-21(13-17)19(23)18-6-3-9-24-18/h1-6,9,16-17,22H,7-8,10-13H2. The van der Waals surface area contributed by atoms with Crippen LogP contribution in [0.5, 0.6) is 0 Å². The first kappa shape index (κ1) is 15.4. The van der Waals surface area contributed by atoms with E-state index in [0.717, 1.165) is 19.4 Å². The number of fused-ring (bicyclic) bond motifs is 1. The minimum absolute atomic E-state index is 0.143. The lowest BCUT2D eigenvalue weighted by atomic mass is 10.1. The molecule has 1 atom stereocenters. The number of β-amino-alcohol motifs (C(OH)–C–C–N with tert-alkyl or cyclic N) is 1. The number of benzene rings is 1. The number of nitrogens with zero attached hydrogens (tertiary/aromatic N) is 2. The molecule has 0 radical (unpaired) electrons. The van der Waals surface area contributed by atoms with Crippen LogP contribution < -0.4 is 0 Å². The number of rotatable bonds is 2. The normalized spacial score (nSPS) is 22.4. The topological polar surface area (TPSA) is 56.9 Å². The second-order valence-electron chi connectivity index (χ2n) is 6.71. The van der Waals surface area contributed by atoms with E-state index in [9.17, 15) is 9.90 Å². The lowest BCUT2D eigenvalue weighted by molar-refractivity contribution is 0.0628. The van der Waals surface area contributed by atoms with Gasteiger partial charge in [0.05, 0.1) is 12.4 Å². The number of hydrogen-bond donors (Lipinski definition) is 1. The lowest BCUT2D eigenvalue weighted by Crippen LogP contribution is -2.41. The molecule has 1 saturated heterocycles. The third kappa shape index (κ3) is 2.97. The molecule has 0 saturated carbocycles. The Bertz CT molecular complexity index is 688. The number of aliphatic hydroxyl groups is 1. The van der Waals surface area contributed by atoms with Gasteiger partial charge in [-0.1, -0.05) is 24.3 Å². The van der Waals surface area contributed by atoms with E-state index in [4.69, 9.17) is 4.42 Å². The monoisotopic (exact) mass is 326 g/mol. The smallest absolute Gasteiger partial charge is 0.289 e. The van der Waals surface area contributed by atoms with Crippen molar-refractivity contribution in [1.82, 2.24) is 9.80 Å². The minimum atomic E-state index is -0.532. The first-order chi connectivity index (χ1) is 11.7. The van der Waals surface area contributed by atoms with E-state index in [1.165, 1.54) is 17.4 Å². The van der Waals surface area contributed by atoms with Gasteiger partial charge in [-0.25, -0.2) is 0 Å². The Balaban J connectivity index is 1.44. The molecule has 1 aromatic heterocycles. The van der Waals surface area contributed by atoms with Gasteiger partial charge in [-0.05, 0) is 36.1 Å². The highest BCUT2D eigenvalue weighted by atomic mass is 16.3. The zero-order chi connectivity index (χ0) is 16.5. The Morgan fingerprint density at radius 1 is 1.04 bits per heavy atom. The molecule has 2 aromatic rings. The zero-order valence-electron chi connectivity index (χ0n) is 13.6. The van der Waals surface area contributed by atoms with E-state index in [1.807, 2.05) is 0 Å². The van der Waals surface area contributed by atoms with E-state index >= 15 is 0 Å². The molecule has 24 heavy (non-hydrogen) atoms. The number of carbonyl (C=O) groups is 1. The molecule has 5 heteroatoms. The number of hydrogen-bond acceptors (Lipinski definition) is 4. The molecule has 1 aliphatic heterocycles. The van der Waals surface area contributed by atoms with Crippen LogP contribution in [0.1, 0.15) is 21.7 Å². The molecule has 1 amide bonds. The molecular weight excluding hydrogens is 304 g/mol. The van der Waals surface area contributed by atoms with Gasteiger partial charge in [-0.3, -0.25) is 9.69 Å². The summed E-state index contributed by atoms with van der Waals surface area (Å²) in [4.78, 5) is 16.5.